The third-order valence-corrected chi connectivity index (χ3v) is 6.78. The van der Waals surface area contributed by atoms with Crippen LogP contribution >= 0.6 is 22.9 Å². The number of aromatic nitrogens is 3. The van der Waals surface area contributed by atoms with E-state index in [1.54, 1.807) is 44.5 Å². The van der Waals surface area contributed by atoms with Crippen LogP contribution in [-0.4, -0.2) is 27.8 Å². The highest BCUT2D eigenvalue weighted by Gasteiger charge is 2.34. The van der Waals surface area contributed by atoms with Crippen LogP contribution in [0.4, 0.5) is 0 Å². The van der Waals surface area contributed by atoms with Gasteiger partial charge >= 0.3 is 0 Å². The van der Waals surface area contributed by atoms with Crippen molar-refractivity contribution in [2.75, 3.05) is 7.11 Å². The number of hydrogen-bond acceptors (Lipinski definition) is 6. The topological polar surface area (TPSA) is 127 Å². The number of benzene rings is 2. The molecule has 0 aliphatic rings. The molecular formula is C24H20ClN5O3S. The minimum Gasteiger partial charge on any atom is -0.497 e. The van der Waals surface area contributed by atoms with Crippen LogP contribution < -0.4 is 16.0 Å². The van der Waals surface area contributed by atoms with Crippen molar-refractivity contribution < 1.29 is 9.53 Å². The van der Waals surface area contributed by atoms with Crippen LogP contribution in [0.2, 0.25) is 5.02 Å². The van der Waals surface area contributed by atoms with Crippen molar-refractivity contribution in [3.05, 3.63) is 86.9 Å². The third-order valence-electron chi connectivity index (χ3n) is 5.50. The first kappa shape index (κ1) is 23.3. The minimum absolute atomic E-state index is 0.272. The van der Waals surface area contributed by atoms with Gasteiger partial charge in [0.15, 0.2) is 0 Å². The fourth-order valence-corrected chi connectivity index (χ4v) is 4.82. The lowest BCUT2D eigenvalue weighted by molar-refractivity contribution is -0.120. The molecule has 0 saturated heterocycles. The Morgan fingerprint density at radius 2 is 1.91 bits per heavy atom. The number of carbonyl (C=O) groups excluding carboxylic acids is 1. The van der Waals surface area contributed by atoms with Gasteiger partial charge in [0.05, 0.1) is 18.1 Å². The van der Waals surface area contributed by atoms with E-state index in [-0.39, 0.29) is 5.56 Å². The zero-order valence-electron chi connectivity index (χ0n) is 18.3. The van der Waals surface area contributed by atoms with Crippen molar-refractivity contribution in [2.24, 2.45) is 11.7 Å². The molecule has 172 valence electrons. The molecule has 2 aromatic heterocycles. The fourth-order valence-electron chi connectivity index (χ4n) is 3.82. The van der Waals surface area contributed by atoms with E-state index in [1.807, 2.05) is 30.3 Å². The number of methoxy groups -OCH3 is 1. The van der Waals surface area contributed by atoms with Crippen LogP contribution in [0.1, 0.15) is 22.7 Å². The van der Waals surface area contributed by atoms with E-state index < -0.39 is 23.3 Å². The molecule has 0 unspecified atom stereocenters. The number of amides is 1. The Morgan fingerprint density at radius 3 is 2.50 bits per heavy atom. The quantitative estimate of drug-likeness (QED) is 0.402. The van der Waals surface area contributed by atoms with Crippen molar-refractivity contribution in [3.63, 3.8) is 0 Å². The van der Waals surface area contributed by atoms with Crippen LogP contribution in [-0.2, 0) is 4.79 Å². The number of rotatable bonds is 7. The van der Waals surface area contributed by atoms with Crippen LogP contribution in [0.25, 0.3) is 15.6 Å². The summed E-state index contributed by atoms with van der Waals surface area (Å²) in [6.07, 6.45) is 1.68. The van der Waals surface area contributed by atoms with Gasteiger partial charge in [-0.1, -0.05) is 35.1 Å². The van der Waals surface area contributed by atoms with E-state index in [2.05, 4.69) is 10.1 Å². The number of primary amides is 1. The number of ether oxygens (including phenoxy) is 1. The average Bonchev–Trinajstić information content (AvgIpc) is 3.43. The van der Waals surface area contributed by atoms with Gasteiger partial charge in [-0.2, -0.15) is 9.94 Å². The first-order valence-corrected chi connectivity index (χ1v) is 11.4. The number of nitrogens with zero attached hydrogens (tertiary/aromatic N) is 3. The highest BCUT2D eigenvalue weighted by molar-refractivity contribution is 7.17. The van der Waals surface area contributed by atoms with E-state index in [1.165, 1.54) is 16.0 Å². The van der Waals surface area contributed by atoms with Gasteiger partial charge in [-0.15, -0.1) is 0 Å². The van der Waals surface area contributed by atoms with Gasteiger partial charge in [0, 0.05) is 28.4 Å². The highest BCUT2D eigenvalue weighted by Crippen LogP contribution is 2.34. The molecule has 34 heavy (non-hydrogen) atoms. The number of thiazole rings is 1. The lowest BCUT2D eigenvalue weighted by atomic mass is 9.81. The molecule has 2 aromatic carbocycles. The van der Waals surface area contributed by atoms with E-state index in [0.717, 1.165) is 16.2 Å². The van der Waals surface area contributed by atoms with Crippen molar-refractivity contribution in [1.29, 1.82) is 5.26 Å². The number of carbonyl (C=O) groups is 1. The second kappa shape index (κ2) is 9.55. The van der Waals surface area contributed by atoms with E-state index in [4.69, 9.17) is 22.1 Å². The number of nitrogens with one attached hydrogen (secondary N) is 1. The molecule has 2 heterocycles. The molecule has 0 saturated carbocycles. The number of halogens is 1. The minimum atomic E-state index is -1.25. The van der Waals surface area contributed by atoms with Crippen LogP contribution in [0.15, 0.2) is 59.5 Å². The second-order valence-corrected chi connectivity index (χ2v) is 9.01. The highest BCUT2D eigenvalue weighted by atomic mass is 35.5. The molecule has 0 spiro atoms. The van der Waals surface area contributed by atoms with Crippen molar-refractivity contribution >= 4 is 28.8 Å². The first-order chi connectivity index (χ1) is 16.3. The summed E-state index contributed by atoms with van der Waals surface area (Å²) >= 11 is 7.34. The van der Waals surface area contributed by atoms with Crippen molar-refractivity contribution in [2.45, 2.75) is 12.8 Å². The summed E-state index contributed by atoms with van der Waals surface area (Å²) in [4.78, 5) is 30.9. The Labute approximate surface area is 204 Å². The van der Waals surface area contributed by atoms with Crippen LogP contribution in [0.3, 0.4) is 0 Å². The van der Waals surface area contributed by atoms with Gasteiger partial charge in [0.25, 0.3) is 5.56 Å². The largest absolute Gasteiger partial charge is 0.497 e. The monoisotopic (exact) mass is 493 g/mol. The molecule has 0 bridgehead atoms. The number of aryl methyl sites for hydroxylation is 1. The van der Waals surface area contributed by atoms with Crippen molar-refractivity contribution in [3.8, 4) is 27.4 Å². The predicted molar refractivity (Wildman–Crippen MR) is 130 cm³/mol. The molecule has 3 N–H and O–H groups in total. The van der Waals surface area contributed by atoms with Gasteiger partial charge in [-0.3, -0.25) is 14.7 Å². The number of H-pyrrole nitrogens is 1. The molecule has 0 fully saturated rings. The fraction of sp³-hybridized carbons (Fsp3) is 0.167. The molecule has 2 atom stereocenters. The molecule has 0 aliphatic heterocycles. The number of hydrogen-bond donors (Lipinski definition) is 2. The zero-order valence-corrected chi connectivity index (χ0v) is 19.9. The number of aromatic amines is 1. The Bertz CT molecular complexity index is 1430. The maximum Gasteiger partial charge on any atom is 0.277 e. The lowest BCUT2D eigenvalue weighted by Gasteiger charge is -2.19. The molecule has 0 aliphatic carbocycles. The summed E-state index contributed by atoms with van der Waals surface area (Å²) in [5, 5.41) is 13.7. The third kappa shape index (κ3) is 4.33. The smallest absolute Gasteiger partial charge is 0.277 e. The first-order valence-electron chi connectivity index (χ1n) is 10.2. The summed E-state index contributed by atoms with van der Waals surface area (Å²) in [5.74, 6) is -2.19. The maximum atomic E-state index is 13.5. The average molecular weight is 494 g/mol. The van der Waals surface area contributed by atoms with Gasteiger partial charge in [0.2, 0.25) is 11.0 Å². The SMILES string of the molecule is COc1ccc(-c2cnc(-n3[nH]c(C)c([C@@H](c4ccc(Cl)cc4)[C@@H](C#N)C(N)=O)c3=O)s2)cc1. The second-order valence-electron chi connectivity index (χ2n) is 7.56. The molecule has 4 rings (SSSR count). The molecule has 1 amide bonds. The number of nitrogens with two attached hydrogens (primary N) is 1. The lowest BCUT2D eigenvalue weighted by Crippen LogP contribution is -2.31. The van der Waals surface area contributed by atoms with Gasteiger partial charge in [-0.05, 0) is 54.4 Å². The summed E-state index contributed by atoms with van der Waals surface area (Å²) in [6, 6.07) is 16.1. The van der Waals surface area contributed by atoms with Gasteiger partial charge in [-0.25, -0.2) is 4.98 Å². The summed E-state index contributed by atoms with van der Waals surface area (Å²) < 4.78 is 6.52. The maximum absolute atomic E-state index is 13.5. The van der Waals surface area contributed by atoms with Crippen LogP contribution in [0, 0.1) is 24.2 Å². The van der Waals surface area contributed by atoms with Crippen molar-refractivity contribution in [1.82, 2.24) is 14.8 Å². The normalized spacial score (nSPS) is 12.6. The molecule has 0 radical (unpaired) electrons. The standard InChI is InChI=1S/C24H20ClN5O3S/c1-13-20(21(18(11-26)22(27)31)15-3-7-16(25)8-4-15)23(32)30(29-13)24-28-12-19(34-24)14-5-9-17(33-2)10-6-14/h3-10,12,18,21,29H,1-2H3,(H2,27,31)/t18-,21+/m1/s1. The Hall–Kier alpha value is -3.87. The molecule has 10 heteroatoms. The van der Waals surface area contributed by atoms with E-state index in [9.17, 15) is 14.9 Å². The molecular weight excluding hydrogens is 474 g/mol. The van der Waals surface area contributed by atoms with E-state index in [0.29, 0.717) is 21.4 Å². The number of nitriles is 1. The molecule has 4 aromatic rings. The Balaban J connectivity index is 1.80. The predicted octanol–water partition coefficient (Wildman–Crippen LogP) is 4.02. The Morgan fingerprint density at radius 1 is 1.24 bits per heavy atom. The van der Waals surface area contributed by atoms with Crippen LogP contribution in [0.5, 0.6) is 5.75 Å². The summed E-state index contributed by atoms with van der Waals surface area (Å²) in [7, 11) is 1.60. The zero-order chi connectivity index (χ0) is 24.4. The van der Waals surface area contributed by atoms with Gasteiger partial charge in [0.1, 0.15) is 11.7 Å². The summed E-state index contributed by atoms with van der Waals surface area (Å²) in [6.45, 7) is 1.71. The molecule has 8 nitrogen and oxygen atoms in total. The summed E-state index contributed by atoms with van der Waals surface area (Å²) in [5.41, 5.74) is 7.42. The Kier molecular flexibility index (Phi) is 6.54. The van der Waals surface area contributed by atoms with E-state index >= 15 is 0 Å². The van der Waals surface area contributed by atoms with Gasteiger partial charge < -0.3 is 10.5 Å².